The number of alkyl halides is 3. The lowest BCUT2D eigenvalue weighted by molar-refractivity contribution is -0.182. The van der Waals surface area contributed by atoms with Gasteiger partial charge in [0.2, 0.25) is 0 Å². The molecule has 2 aliphatic carbocycles. The van der Waals surface area contributed by atoms with Crippen LogP contribution < -0.4 is 10.6 Å². The summed E-state index contributed by atoms with van der Waals surface area (Å²) in [6.45, 7) is 1.75. The Kier molecular flexibility index (Phi) is 9.84. The van der Waals surface area contributed by atoms with Gasteiger partial charge in [0.25, 0.3) is 0 Å². The third-order valence-electron chi connectivity index (χ3n) is 5.46. The highest BCUT2D eigenvalue weighted by Gasteiger charge is 2.41. The van der Waals surface area contributed by atoms with E-state index in [1.807, 2.05) is 0 Å². The number of nitrogens with zero attached hydrogens (tertiary/aromatic N) is 2. The Hall–Kier alpha value is -0.250. The highest BCUT2D eigenvalue weighted by atomic mass is 127. The summed E-state index contributed by atoms with van der Waals surface area (Å²) in [5, 5.41) is 6.56. The van der Waals surface area contributed by atoms with E-state index in [2.05, 4.69) is 27.6 Å². The van der Waals surface area contributed by atoms with Gasteiger partial charge in [0.05, 0.1) is 5.92 Å². The first-order chi connectivity index (χ1) is 11.4. The van der Waals surface area contributed by atoms with Gasteiger partial charge in [-0.15, -0.1) is 24.0 Å². The molecule has 2 N–H and O–H groups in total. The van der Waals surface area contributed by atoms with Crippen molar-refractivity contribution < 1.29 is 13.2 Å². The van der Waals surface area contributed by atoms with Crippen LogP contribution in [0.25, 0.3) is 0 Å². The molecule has 0 aromatic carbocycles. The van der Waals surface area contributed by atoms with E-state index in [1.165, 1.54) is 25.7 Å². The topological polar surface area (TPSA) is 39.7 Å². The second-order valence-corrected chi connectivity index (χ2v) is 7.15. The summed E-state index contributed by atoms with van der Waals surface area (Å²) in [4.78, 5) is 6.59. The molecule has 25 heavy (non-hydrogen) atoms. The van der Waals surface area contributed by atoms with Crippen LogP contribution in [0.2, 0.25) is 0 Å². The van der Waals surface area contributed by atoms with Crippen LogP contribution >= 0.6 is 24.0 Å². The van der Waals surface area contributed by atoms with Gasteiger partial charge >= 0.3 is 6.18 Å². The maximum absolute atomic E-state index is 12.7. The molecule has 4 nitrogen and oxygen atoms in total. The van der Waals surface area contributed by atoms with E-state index >= 15 is 0 Å². The zero-order chi connectivity index (χ0) is 17.6. The second kappa shape index (κ2) is 10.8. The van der Waals surface area contributed by atoms with Crippen molar-refractivity contribution in [3.8, 4) is 0 Å². The fourth-order valence-electron chi connectivity index (χ4n) is 3.83. The molecule has 8 heteroatoms. The Morgan fingerprint density at radius 3 is 2.20 bits per heavy atom. The molecule has 2 aliphatic rings. The van der Waals surface area contributed by atoms with Gasteiger partial charge in [0, 0.05) is 32.2 Å². The van der Waals surface area contributed by atoms with Crippen LogP contribution in [-0.2, 0) is 0 Å². The minimum Gasteiger partial charge on any atom is -0.355 e. The number of guanidine groups is 1. The molecule has 2 saturated carbocycles. The largest absolute Gasteiger partial charge is 0.391 e. The smallest absolute Gasteiger partial charge is 0.355 e. The number of rotatable bonds is 5. The Bertz CT molecular complexity index is 403. The maximum atomic E-state index is 12.7. The van der Waals surface area contributed by atoms with Gasteiger partial charge in [0.1, 0.15) is 0 Å². The van der Waals surface area contributed by atoms with Gasteiger partial charge < -0.3 is 15.5 Å². The van der Waals surface area contributed by atoms with E-state index in [0.29, 0.717) is 24.8 Å². The van der Waals surface area contributed by atoms with Gasteiger partial charge in [-0.1, -0.05) is 12.8 Å². The summed E-state index contributed by atoms with van der Waals surface area (Å²) in [7, 11) is 3.86. The maximum Gasteiger partial charge on any atom is 0.391 e. The van der Waals surface area contributed by atoms with Crippen molar-refractivity contribution in [1.82, 2.24) is 15.5 Å². The van der Waals surface area contributed by atoms with Crippen LogP contribution in [0.3, 0.4) is 0 Å². The molecule has 2 rings (SSSR count). The number of likely N-dealkylation sites (N-methyl/N-ethyl adjacent to an activating group) is 1. The monoisotopic (exact) mass is 476 g/mol. The lowest BCUT2D eigenvalue weighted by Crippen LogP contribution is -2.47. The minimum atomic E-state index is -4.05. The van der Waals surface area contributed by atoms with Gasteiger partial charge in [-0.05, 0) is 45.6 Å². The Morgan fingerprint density at radius 2 is 1.68 bits per heavy atom. The van der Waals surface area contributed by atoms with Gasteiger partial charge in [-0.3, -0.25) is 4.99 Å². The van der Waals surface area contributed by atoms with Crippen LogP contribution in [-0.4, -0.2) is 56.3 Å². The van der Waals surface area contributed by atoms with Crippen molar-refractivity contribution in [3.63, 3.8) is 0 Å². The van der Waals surface area contributed by atoms with E-state index in [9.17, 15) is 13.2 Å². The Labute approximate surface area is 166 Å². The molecule has 0 bridgehead atoms. The number of aliphatic imine (C=N–C) groups is 1. The predicted octanol–water partition coefficient (Wildman–Crippen LogP) is 3.76. The molecular weight excluding hydrogens is 444 g/mol. The number of nitrogens with one attached hydrogen (secondary N) is 2. The summed E-state index contributed by atoms with van der Waals surface area (Å²) in [6.07, 6.45) is 2.69. The van der Waals surface area contributed by atoms with Gasteiger partial charge in [-0.25, -0.2) is 0 Å². The summed E-state index contributed by atoms with van der Waals surface area (Å²) in [5.41, 5.74) is 0. The molecule has 148 valence electrons. The predicted molar refractivity (Wildman–Crippen MR) is 107 cm³/mol. The molecular formula is C17H32F3IN4. The lowest BCUT2D eigenvalue weighted by Gasteiger charge is -2.31. The molecule has 0 radical (unpaired) electrons. The van der Waals surface area contributed by atoms with Crippen molar-refractivity contribution in [1.29, 1.82) is 0 Å². The number of halogens is 4. The quantitative estimate of drug-likeness (QED) is 0.361. The molecule has 0 saturated heterocycles. The fraction of sp³-hybridized carbons (Fsp3) is 0.941. The third kappa shape index (κ3) is 7.48. The zero-order valence-electron chi connectivity index (χ0n) is 15.2. The van der Waals surface area contributed by atoms with E-state index in [0.717, 1.165) is 13.1 Å². The van der Waals surface area contributed by atoms with E-state index in [4.69, 9.17) is 0 Å². The summed E-state index contributed by atoms with van der Waals surface area (Å²) >= 11 is 0. The first kappa shape index (κ1) is 22.8. The molecule has 0 heterocycles. The van der Waals surface area contributed by atoms with E-state index < -0.39 is 12.1 Å². The minimum absolute atomic E-state index is 0. The summed E-state index contributed by atoms with van der Waals surface area (Å²) in [5.74, 6) is -0.434. The first-order valence-electron chi connectivity index (χ1n) is 9.14. The molecule has 0 aromatic rings. The highest BCUT2D eigenvalue weighted by Crippen LogP contribution is 2.37. The number of hydrogen-bond acceptors (Lipinski definition) is 2. The highest BCUT2D eigenvalue weighted by molar-refractivity contribution is 14.0. The standard InChI is InChI=1S/C17H31F3N4.HI/c1-21-16(22-11-12-24(2)15-5-3-4-6-15)23-14-9-7-13(8-10-14)17(18,19)20;/h13-15H,3-12H2,1-2H3,(H2,21,22,23);1H. The van der Waals surface area contributed by atoms with Crippen LogP contribution in [0.1, 0.15) is 51.4 Å². The van der Waals surface area contributed by atoms with Crippen molar-refractivity contribution in [3.05, 3.63) is 0 Å². The first-order valence-corrected chi connectivity index (χ1v) is 9.14. The average molecular weight is 476 g/mol. The Balaban J connectivity index is 0.00000312. The summed E-state index contributed by atoms with van der Waals surface area (Å²) < 4.78 is 38.1. The summed E-state index contributed by atoms with van der Waals surface area (Å²) in [6, 6.07) is 0.779. The van der Waals surface area contributed by atoms with Crippen LogP contribution in [0, 0.1) is 5.92 Å². The SMILES string of the molecule is CN=C(NCCN(C)C1CCCC1)NC1CCC(C(F)(F)F)CC1.I. The molecule has 0 unspecified atom stereocenters. The zero-order valence-corrected chi connectivity index (χ0v) is 17.6. The molecule has 0 amide bonds. The van der Waals surface area contributed by atoms with E-state index in [-0.39, 0.29) is 42.9 Å². The molecule has 0 atom stereocenters. The van der Waals surface area contributed by atoms with Crippen LogP contribution in [0.15, 0.2) is 4.99 Å². The van der Waals surface area contributed by atoms with Crippen molar-refractivity contribution >= 4 is 29.9 Å². The second-order valence-electron chi connectivity index (χ2n) is 7.15. The Morgan fingerprint density at radius 1 is 1.08 bits per heavy atom. The van der Waals surface area contributed by atoms with Crippen molar-refractivity contribution in [2.75, 3.05) is 27.2 Å². The molecule has 0 aliphatic heterocycles. The van der Waals surface area contributed by atoms with Crippen LogP contribution in [0.4, 0.5) is 13.2 Å². The number of hydrogen-bond donors (Lipinski definition) is 2. The third-order valence-corrected chi connectivity index (χ3v) is 5.46. The average Bonchev–Trinajstić information content (AvgIpc) is 3.08. The van der Waals surface area contributed by atoms with Crippen molar-refractivity contribution in [2.45, 2.75) is 69.6 Å². The molecule has 2 fully saturated rings. The lowest BCUT2D eigenvalue weighted by atomic mass is 9.85. The fourth-order valence-corrected chi connectivity index (χ4v) is 3.83. The van der Waals surface area contributed by atoms with E-state index in [1.54, 1.807) is 7.05 Å². The van der Waals surface area contributed by atoms with Gasteiger partial charge in [-0.2, -0.15) is 13.2 Å². The molecule has 0 aromatic heterocycles. The molecule has 0 spiro atoms. The van der Waals surface area contributed by atoms with Crippen LogP contribution in [0.5, 0.6) is 0 Å². The van der Waals surface area contributed by atoms with Gasteiger partial charge in [0.15, 0.2) is 5.96 Å². The van der Waals surface area contributed by atoms with Crippen molar-refractivity contribution in [2.24, 2.45) is 10.9 Å². The normalized spacial score (nSPS) is 25.8.